The van der Waals surface area contributed by atoms with E-state index >= 15 is 0 Å². The third-order valence-electron chi connectivity index (χ3n) is 2.29. The molecule has 8 heteroatoms. The van der Waals surface area contributed by atoms with Crippen LogP contribution in [0.2, 0.25) is 0 Å². The van der Waals surface area contributed by atoms with Crippen LogP contribution in [0, 0.1) is 0 Å². The summed E-state index contributed by atoms with van der Waals surface area (Å²) in [5.74, 6) is -0.549. The van der Waals surface area contributed by atoms with Crippen molar-refractivity contribution in [2.75, 3.05) is 29.2 Å². The number of amides is 2. The van der Waals surface area contributed by atoms with Crippen molar-refractivity contribution in [2.24, 2.45) is 5.73 Å². The van der Waals surface area contributed by atoms with E-state index in [0.717, 1.165) is 4.90 Å². The van der Waals surface area contributed by atoms with Gasteiger partial charge in [0.2, 0.25) is 11.8 Å². The minimum atomic E-state index is -0.420. The van der Waals surface area contributed by atoms with Crippen LogP contribution in [0.1, 0.15) is 6.92 Å². The topological polar surface area (TPSA) is 98.5 Å². The lowest BCUT2D eigenvalue weighted by molar-refractivity contribution is -0.139. The van der Waals surface area contributed by atoms with E-state index in [4.69, 9.17) is 10.5 Å². The SMILES string of the molecule is CCOC(=O)CSCC(=O)Nc1ccccc1SCC(N)=O. The number of carbonyl (C=O) groups excluding carboxylic acids is 3. The number of benzene rings is 1. The van der Waals surface area contributed by atoms with Crippen LogP contribution in [0.3, 0.4) is 0 Å². The lowest BCUT2D eigenvalue weighted by Gasteiger charge is -2.10. The Morgan fingerprint density at radius 2 is 1.91 bits per heavy atom. The molecule has 0 heterocycles. The number of rotatable bonds is 9. The first-order valence-corrected chi connectivity index (χ1v) is 8.70. The van der Waals surface area contributed by atoms with E-state index in [1.54, 1.807) is 25.1 Å². The number of para-hydroxylation sites is 1. The summed E-state index contributed by atoms with van der Waals surface area (Å²) in [5, 5.41) is 2.76. The second-order valence-corrected chi connectivity index (χ2v) is 6.10. The van der Waals surface area contributed by atoms with E-state index in [9.17, 15) is 14.4 Å². The van der Waals surface area contributed by atoms with Crippen molar-refractivity contribution in [1.82, 2.24) is 0 Å². The Hall–Kier alpha value is -1.67. The van der Waals surface area contributed by atoms with Gasteiger partial charge in [0, 0.05) is 4.90 Å². The maximum absolute atomic E-state index is 11.9. The summed E-state index contributed by atoms with van der Waals surface area (Å²) in [4.78, 5) is 34.6. The summed E-state index contributed by atoms with van der Waals surface area (Å²) in [6, 6.07) is 7.15. The van der Waals surface area contributed by atoms with E-state index in [2.05, 4.69) is 5.32 Å². The molecule has 0 radical (unpaired) electrons. The lowest BCUT2D eigenvalue weighted by Crippen LogP contribution is -2.17. The predicted molar refractivity (Wildman–Crippen MR) is 88.9 cm³/mol. The van der Waals surface area contributed by atoms with Gasteiger partial charge < -0.3 is 15.8 Å². The number of nitrogens with one attached hydrogen (secondary N) is 1. The molecule has 22 heavy (non-hydrogen) atoms. The summed E-state index contributed by atoms with van der Waals surface area (Å²) in [7, 11) is 0. The number of ether oxygens (including phenoxy) is 1. The van der Waals surface area contributed by atoms with Crippen molar-refractivity contribution in [3.05, 3.63) is 24.3 Å². The number of hydrogen-bond acceptors (Lipinski definition) is 6. The molecule has 6 nitrogen and oxygen atoms in total. The standard InChI is InChI=1S/C14H18N2O4S2/c1-2-20-14(19)9-21-8-13(18)16-10-5-3-4-6-11(10)22-7-12(15)17/h3-6H,2,7-9H2,1H3,(H2,15,17)(H,16,18). The van der Waals surface area contributed by atoms with Gasteiger partial charge in [-0.1, -0.05) is 12.1 Å². The number of esters is 1. The van der Waals surface area contributed by atoms with E-state index in [0.29, 0.717) is 12.3 Å². The fraction of sp³-hybridized carbons (Fsp3) is 0.357. The maximum atomic E-state index is 11.9. The van der Waals surface area contributed by atoms with Crippen LogP contribution in [0.4, 0.5) is 5.69 Å². The van der Waals surface area contributed by atoms with Gasteiger partial charge in [-0.2, -0.15) is 0 Å². The number of hydrogen-bond donors (Lipinski definition) is 2. The van der Waals surface area contributed by atoms with E-state index in [1.165, 1.54) is 23.5 Å². The highest BCUT2D eigenvalue weighted by molar-refractivity contribution is 8.00. The Morgan fingerprint density at radius 1 is 1.18 bits per heavy atom. The van der Waals surface area contributed by atoms with Crippen LogP contribution in [-0.4, -0.2) is 41.6 Å². The average molecular weight is 342 g/mol. The van der Waals surface area contributed by atoms with Crippen molar-refractivity contribution in [1.29, 1.82) is 0 Å². The minimum Gasteiger partial charge on any atom is -0.465 e. The van der Waals surface area contributed by atoms with Gasteiger partial charge in [0.05, 0.1) is 29.6 Å². The van der Waals surface area contributed by atoms with Gasteiger partial charge >= 0.3 is 5.97 Å². The molecule has 120 valence electrons. The first kappa shape index (κ1) is 18.4. The van der Waals surface area contributed by atoms with Crippen molar-refractivity contribution < 1.29 is 19.1 Å². The number of carbonyl (C=O) groups is 3. The van der Waals surface area contributed by atoms with Crippen LogP contribution in [0.15, 0.2) is 29.2 Å². The van der Waals surface area contributed by atoms with Gasteiger partial charge in [0.25, 0.3) is 0 Å². The molecule has 0 aliphatic rings. The molecule has 2 amide bonds. The zero-order valence-electron chi connectivity index (χ0n) is 12.2. The van der Waals surface area contributed by atoms with Gasteiger partial charge in [0.1, 0.15) is 0 Å². The normalized spacial score (nSPS) is 10.0. The molecule has 1 rings (SSSR count). The van der Waals surface area contributed by atoms with E-state index in [-0.39, 0.29) is 29.1 Å². The summed E-state index contributed by atoms with van der Waals surface area (Å²) in [5.41, 5.74) is 5.74. The monoisotopic (exact) mass is 342 g/mol. The maximum Gasteiger partial charge on any atom is 0.315 e. The quantitative estimate of drug-likeness (QED) is 0.521. The minimum absolute atomic E-state index is 0.138. The second-order valence-electron chi connectivity index (χ2n) is 4.10. The molecule has 1 aromatic carbocycles. The molecule has 0 unspecified atom stereocenters. The molecule has 0 saturated heterocycles. The van der Waals surface area contributed by atoms with Crippen LogP contribution in [0.5, 0.6) is 0 Å². The highest BCUT2D eigenvalue weighted by Crippen LogP contribution is 2.26. The molecule has 0 atom stereocenters. The molecule has 1 aromatic rings. The van der Waals surface area contributed by atoms with Crippen molar-refractivity contribution in [2.45, 2.75) is 11.8 Å². The Labute approximate surface area is 137 Å². The first-order chi connectivity index (χ1) is 10.5. The van der Waals surface area contributed by atoms with Gasteiger partial charge in [-0.25, -0.2) is 0 Å². The van der Waals surface area contributed by atoms with Gasteiger partial charge in [-0.15, -0.1) is 23.5 Å². The molecule has 0 bridgehead atoms. The van der Waals surface area contributed by atoms with Crippen molar-refractivity contribution >= 4 is 47.0 Å². The van der Waals surface area contributed by atoms with Crippen molar-refractivity contribution in [3.8, 4) is 0 Å². The molecular formula is C14H18N2O4S2. The van der Waals surface area contributed by atoms with Crippen LogP contribution >= 0.6 is 23.5 Å². The number of anilines is 1. The smallest absolute Gasteiger partial charge is 0.315 e. The second kappa shape index (κ2) is 10.1. The molecular weight excluding hydrogens is 324 g/mol. The Kier molecular flexibility index (Phi) is 8.46. The molecule has 0 aliphatic heterocycles. The third-order valence-corrected chi connectivity index (χ3v) is 4.29. The molecule has 0 aromatic heterocycles. The third kappa shape index (κ3) is 7.37. The van der Waals surface area contributed by atoms with Gasteiger partial charge in [-0.3, -0.25) is 14.4 Å². The van der Waals surface area contributed by atoms with Gasteiger partial charge in [0.15, 0.2) is 0 Å². The molecule has 3 N–H and O–H groups in total. The molecule has 0 fully saturated rings. The molecule has 0 aliphatic carbocycles. The Balaban J connectivity index is 2.46. The zero-order valence-corrected chi connectivity index (χ0v) is 13.8. The number of primary amides is 1. The largest absolute Gasteiger partial charge is 0.465 e. The van der Waals surface area contributed by atoms with Crippen molar-refractivity contribution in [3.63, 3.8) is 0 Å². The Morgan fingerprint density at radius 3 is 2.59 bits per heavy atom. The molecule has 0 spiro atoms. The fourth-order valence-corrected chi connectivity index (χ4v) is 2.82. The van der Waals surface area contributed by atoms with Crippen LogP contribution < -0.4 is 11.1 Å². The number of thioether (sulfide) groups is 2. The summed E-state index contributed by atoms with van der Waals surface area (Å²) in [6.45, 7) is 2.06. The lowest BCUT2D eigenvalue weighted by atomic mass is 10.3. The highest BCUT2D eigenvalue weighted by atomic mass is 32.2. The fourth-order valence-electron chi connectivity index (χ4n) is 1.46. The van der Waals surface area contributed by atoms with E-state index in [1.807, 2.05) is 6.07 Å². The van der Waals surface area contributed by atoms with Gasteiger partial charge in [-0.05, 0) is 19.1 Å². The summed E-state index contributed by atoms with van der Waals surface area (Å²) < 4.78 is 4.78. The first-order valence-electron chi connectivity index (χ1n) is 6.56. The summed E-state index contributed by atoms with van der Waals surface area (Å²) >= 11 is 2.45. The number of nitrogens with two attached hydrogens (primary N) is 1. The van der Waals surface area contributed by atoms with Crippen LogP contribution in [0.25, 0.3) is 0 Å². The zero-order chi connectivity index (χ0) is 16.4. The van der Waals surface area contributed by atoms with E-state index < -0.39 is 5.91 Å². The summed E-state index contributed by atoms with van der Waals surface area (Å²) in [6.07, 6.45) is 0. The average Bonchev–Trinajstić information content (AvgIpc) is 2.46. The Bertz CT molecular complexity index is 537. The molecule has 0 saturated carbocycles. The predicted octanol–water partition coefficient (Wildman–Crippen LogP) is 1.50. The highest BCUT2D eigenvalue weighted by Gasteiger charge is 2.09. The van der Waals surface area contributed by atoms with Crippen LogP contribution in [-0.2, 0) is 19.1 Å².